The standard InChI is InChI=1S/C23H35N7O/c1-5-17-8-6-7-9-19(17)26-23-28-20(27-22(24)29-23)14-30-12-10-18(11-13-30)21(31)25-16(4)15(2)3/h6-9,15-16,18H,5,10-14H2,1-4H3,(H,25,31)(H3,24,26,27,28,29). The Morgan fingerprint density at radius 1 is 1.16 bits per heavy atom. The number of anilines is 3. The van der Waals surface area contributed by atoms with Gasteiger partial charge in [0.1, 0.15) is 5.82 Å². The van der Waals surface area contributed by atoms with Crippen molar-refractivity contribution in [2.75, 3.05) is 24.1 Å². The Bertz CT molecular complexity index is 878. The average Bonchev–Trinajstić information content (AvgIpc) is 2.74. The molecule has 8 heteroatoms. The summed E-state index contributed by atoms with van der Waals surface area (Å²) in [6, 6.07) is 8.28. The molecule has 1 saturated heterocycles. The van der Waals surface area contributed by atoms with E-state index in [0.717, 1.165) is 38.0 Å². The van der Waals surface area contributed by atoms with Crippen LogP contribution in [0.2, 0.25) is 0 Å². The van der Waals surface area contributed by atoms with Crippen molar-refractivity contribution in [3.05, 3.63) is 35.7 Å². The molecule has 168 valence electrons. The Morgan fingerprint density at radius 3 is 2.55 bits per heavy atom. The molecule has 8 nitrogen and oxygen atoms in total. The highest BCUT2D eigenvalue weighted by Gasteiger charge is 2.26. The summed E-state index contributed by atoms with van der Waals surface area (Å²) < 4.78 is 0. The second-order valence-electron chi connectivity index (χ2n) is 8.66. The summed E-state index contributed by atoms with van der Waals surface area (Å²) in [6.07, 6.45) is 2.59. The molecule has 1 amide bonds. The molecule has 0 spiro atoms. The van der Waals surface area contributed by atoms with Gasteiger partial charge in [-0.3, -0.25) is 9.69 Å². The Labute approximate surface area is 185 Å². The molecule has 1 aromatic carbocycles. The minimum atomic E-state index is 0.0728. The summed E-state index contributed by atoms with van der Waals surface area (Å²) in [5, 5.41) is 6.42. The lowest BCUT2D eigenvalue weighted by Crippen LogP contribution is -2.44. The fourth-order valence-electron chi connectivity index (χ4n) is 3.70. The zero-order valence-electron chi connectivity index (χ0n) is 19.1. The molecule has 4 N–H and O–H groups in total. The number of para-hydroxylation sites is 1. The Morgan fingerprint density at radius 2 is 1.87 bits per heavy atom. The summed E-state index contributed by atoms with van der Waals surface area (Å²) in [7, 11) is 0. The first-order chi connectivity index (χ1) is 14.9. The van der Waals surface area contributed by atoms with Crippen LogP contribution in [0.5, 0.6) is 0 Å². The topological polar surface area (TPSA) is 109 Å². The minimum Gasteiger partial charge on any atom is -0.368 e. The van der Waals surface area contributed by atoms with Crippen molar-refractivity contribution < 1.29 is 4.79 Å². The number of benzene rings is 1. The summed E-state index contributed by atoms with van der Waals surface area (Å²) in [5.41, 5.74) is 8.11. The molecule has 0 bridgehead atoms. The number of carbonyl (C=O) groups excluding carboxylic acids is 1. The van der Waals surface area contributed by atoms with Crippen LogP contribution in [0.4, 0.5) is 17.6 Å². The summed E-state index contributed by atoms with van der Waals surface area (Å²) in [4.78, 5) is 27.9. The highest BCUT2D eigenvalue weighted by molar-refractivity contribution is 5.79. The smallest absolute Gasteiger partial charge is 0.232 e. The fourth-order valence-corrected chi connectivity index (χ4v) is 3.70. The maximum absolute atomic E-state index is 12.5. The van der Waals surface area contributed by atoms with Gasteiger partial charge in [-0.25, -0.2) is 0 Å². The lowest BCUT2D eigenvalue weighted by molar-refractivity contribution is -0.127. The Balaban J connectivity index is 1.58. The van der Waals surface area contributed by atoms with E-state index in [2.05, 4.69) is 64.2 Å². The molecule has 2 heterocycles. The molecule has 0 radical (unpaired) electrons. The van der Waals surface area contributed by atoms with Crippen molar-refractivity contribution in [3.8, 4) is 0 Å². The van der Waals surface area contributed by atoms with Gasteiger partial charge in [0, 0.05) is 17.6 Å². The van der Waals surface area contributed by atoms with Crippen LogP contribution in [0.25, 0.3) is 0 Å². The van der Waals surface area contributed by atoms with E-state index in [4.69, 9.17) is 5.73 Å². The van der Waals surface area contributed by atoms with Crippen LogP contribution in [0.15, 0.2) is 24.3 Å². The van der Waals surface area contributed by atoms with E-state index in [0.29, 0.717) is 24.2 Å². The number of nitrogen functional groups attached to an aromatic ring is 1. The number of carbonyl (C=O) groups is 1. The number of nitrogens with two attached hydrogens (primary N) is 1. The highest BCUT2D eigenvalue weighted by atomic mass is 16.1. The van der Waals surface area contributed by atoms with Crippen LogP contribution in [0, 0.1) is 11.8 Å². The SMILES string of the molecule is CCc1ccccc1Nc1nc(N)nc(CN2CCC(C(=O)NC(C)C(C)C)CC2)n1. The Kier molecular flexibility index (Phi) is 7.79. The van der Waals surface area contributed by atoms with Crippen molar-refractivity contribution in [1.29, 1.82) is 0 Å². The van der Waals surface area contributed by atoms with E-state index in [1.165, 1.54) is 5.56 Å². The second-order valence-corrected chi connectivity index (χ2v) is 8.66. The molecular formula is C23H35N7O. The van der Waals surface area contributed by atoms with Crippen LogP contribution in [0.3, 0.4) is 0 Å². The van der Waals surface area contributed by atoms with Crippen LogP contribution >= 0.6 is 0 Å². The van der Waals surface area contributed by atoms with Gasteiger partial charge in [-0.05, 0) is 56.8 Å². The first kappa shape index (κ1) is 22.9. The number of hydrogen-bond donors (Lipinski definition) is 3. The molecule has 3 rings (SSSR count). The first-order valence-electron chi connectivity index (χ1n) is 11.2. The van der Waals surface area contributed by atoms with Crippen molar-refractivity contribution in [3.63, 3.8) is 0 Å². The zero-order valence-corrected chi connectivity index (χ0v) is 19.1. The van der Waals surface area contributed by atoms with Gasteiger partial charge in [0.05, 0.1) is 6.54 Å². The first-order valence-corrected chi connectivity index (χ1v) is 11.2. The molecule has 1 aromatic heterocycles. The molecule has 1 fully saturated rings. The van der Waals surface area contributed by atoms with Crippen molar-refractivity contribution in [2.45, 2.75) is 59.5 Å². The third kappa shape index (κ3) is 6.37. The monoisotopic (exact) mass is 425 g/mol. The lowest BCUT2D eigenvalue weighted by atomic mass is 9.95. The van der Waals surface area contributed by atoms with Crippen LogP contribution in [-0.2, 0) is 17.8 Å². The number of hydrogen-bond acceptors (Lipinski definition) is 7. The number of amides is 1. The van der Waals surface area contributed by atoms with Gasteiger partial charge in [-0.15, -0.1) is 0 Å². The third-order valence-electron chi connectivity index (χ3n) is 6.04. The molecule has 0 aliphatic carbocycles. The molecule has 2 aromatic rings. The van der Waals surface area contributed by atoms with Gasteiger partial charge in [0.15, 0.2) is 0 Å². The normalized spacial score (nSPS) is 16.3. The predicted octanol–water partition coefficient (Wildman–Crippen LogP) is 3.13. The summed E-state index contributed by atoms with van der Waals surface area (Å²) in [5.74, 6) is 1.99. The van der Waals surface area contributed by atoms with E-state index >= 15 is 0 Å². The number of likely N-dealkylation sites (tertiary alicyclic amines) is 1. The van der Waals surface area contributed by atoms with Gasteiger partial charge < -0.3 is 16.4 Å². The van der Waals surface area contributed by atoms with E-state index < -0.39 is 0 Å². The maximum atomic E-state index is 12.5. The van der Waals surface area contributed by atoms with Crippen molar-refractivity contribution >= 4 is 23.5 Å². The quantitative estimate of drug-likeness (QED) is 0.596. The molecule has 1 atom stereocenters. The highest BCUT2D eigenvalue weighted by Crippen LogP contribution is 2.21. The van der Waals surface area contributed by atoms with Gasteiger partial charge in [0.25, 0.3) is 0 Å². The van der Waals surface area contributed by atoms with Crippen molar-refractivity contribution in [1.82, 2.24) is 25.2 Å². The molecule has 31 heavy (non-hydrogen) atoms. The van der Waals surface area contributed by atoms with E-state index in [9.17, 15) is 4.79 Å². The number of aromatic nitrogens is 3. The largest absolute Gasteiger partial charge is 0.368 e. The number of rotatable bonds is 8. The molecule has 1 aliphatic rings. The lowest BCUT2D eigenvalue weighted by Gasteiger charge is -2.31. The van der Waals surface area contributed by atoms with Crippen LogP contribution in [0.1, 0.15) is 51.9 Å². The van der Waals surface area contributed by atoms with Crippen molar-refractivity contribution in [2.24, 2.45) is 11.8 Å². The van der Waals surface area contributed by atoms with Gasteiger partial charge >= 0.3 is 0 Å². The number of nitrogens with zero attached hydrogens (tertiary/aromatic N) is 4. The molecule has 1 aliphatic heterocycles. The Hall–Kier alpha value is -2.74. The second kappa shape index (κ2) is 10.5. The molecule has 1 unspecified atom stereocenters. The fraction of sp³-hybridized carbons (Fsp3) is 0.565. The van der Waals surface area contributed by atoms with Gasteiger partial charge in [-0.2, -0.15) is 15.0 Å². The van der Waals surface area contributed by atoms with E-state index in [1.54, 1.807) is 0 Å². The average molecular weight is 426 g/mol. The minimum absolute atomic E-state index is 0.0728. The molecular weight excluding hydrogens is 390 g/mol. The maximum Gasteiger partial charge on any atom is 0.232 e. The molecule has 0 saturated carbocycles. The third-order valence-corrected chi connectivity index (χ3v) is 6.04. The number of aryl methyl sites for hydroxylation is 1. The van der Waals surface area contributed by atoms with Crippen LogP contribution in [-0.4, -0.2) is 44.9 Å². The summed E-state index contributed by atoms with van der Waals surface area (Å²) >= 11 is 0. The zero-order chi connectivity index (χ0) is 22.4. The summed E-state index contributed by atoms with van der Waals surface area (Å²) in [6.45, 7) is 10.7. The number of piperidine rings is 1. The van der Waals surface area contributed by atoms with E-state index in [1.807, 2.05) is 18.2 Å². The predicted molar refractivity (Wildman–Crippen MR) is 124 cm³/mol. The van der Waals surface area contributed by atoms with Gasteiger partial charge in [0.2, 0.25) is 17.8 Å². The number of nitrogens with one attached hydrogen (secondary N) is 2. The van der Waals surface area contributed by atoms with Gasteiger partial charge in [-0.1, -0.05) is 39.0 Å². The van der Waals surface area contributed by atoms with Crippen LogP contribution < -0.4 is 16.4 Å². The van der Waals surface area contributed by atoms with E-state index in [-0.39, 0.29) is 23.8 Å².